The molecule has 1 saturated carbocycles. The Morgan fingerprint density at radius 1 is 1.50 bits per heavy atom. The van der Waals surface area contributed by atoms with Crippen LogP contribution in [-0.4, -0.2) is 15.8 Å². The first-order valence-corrected chi connectivity index (χ1v) is 6.39. The lowest BCUT2D eigenvalue weighted by Gasteiger charge is -2.17. The largest absolute Gasteiger partial charge is 0.327 e. The van der Waals surface area contributed by atoms with Crippen molar-refractivity contribution in [3.63, 3.8) is 0 Å². The molecule has 3 unspecified atom stereocenters. The first-order valence-electron chi connectivity index (χ1n) is 6.39. The number of aryl methyl sites for hydroxylation is 2. The Morgan fingerprint density at radius 2 is 2.25 bits per heavy atom. The Balaban J connectivity index is 2.06. The molecule has 1 heterocycles. The van der Waals surface area contributed by atoms with Crippen LogP contribution in [0.4, 0.5) is 0 Å². The molecule has 0 saturated heterocycles. The predicted octanol–water partition coefficient (Wildman–Crippen LogP) is 1.90. The van der Waals surface area contributed by atoms with Crippen molar-refractivity contribution in [2.45, 2.75) is 45.6 Å². The van der Waals surface area contributed by atoms with Gasteiger partial charge in [-0.1, -0.05) is 13.8 Å². The number of rotatable bonds is 3. The monoisotopic (exact) mass is 221 g/mol. The van der Waals surface area contributed by atoms with E-state index in [0.29, 0.717) is 12.0 Å². The molecule has 0 aliphatic heterocycles. The van der Waals surface area contributed by atoms with Gasteiger partial charge in [0.2, 0.25) is 0 Å². The highest BCUT2D eigenvalue weighted by Crippen LogP contribution is 2.33. The maximum absolute atomic E-state index is 6.07. The van der Waals surface area contributed by atoms with Crippen molar-refractivity contribution in [2.75, 3.05) is 0 Å². The number of hydrogen-bond acceptors (Lipinski definition) is 2. The molecule has 1 aliphatic rings. The number of nitrogens with zero attached hydrogens (tertiary/aromatic N) is 2. The number of aromatic nitrogens is 2. The summed E-state index contributed by atoms with van der Waals surface area (Å²) in [6, 6.07) is 2.65. The second-order valence-corrected chi connectivity index (χ2v) is 5.17. The zero-order valence-electron chi connectivity index (χ0n) is 10.6. The molecule has 2 rings (SSSR count). The van der Waals surface area contributed by atoms with E-state index in [4.69, 9.17) is 5.73 Å². The van der Waals surface area contributed by atoms with Crippen molar-refractivity contribution < 1.29 is 0 Å². The first kappa shape index (κ1) is 11.6. The Bertz CT molecular complexity index is 356. The predicted molar refractivity (Wildman–Crippen MR) is 66.2 cm³/mol. The fourth-order valence-corrected chi connectivity index (χ4v) is 2.77. The number of hydrogen-bond donors (Lipinski definition) is 1. The van der Waals surface area contributed by atoms with Crippen LogP contribution in [-0.2, 0) is 19.9 Å². The molecule has 16 heavy (non-hydrogen) atoms. The van der Waals surface area contributed by atoms with Gasteiger partial charge in [-0.25, -0.2) is 0 Å². The Labute approximate surface area is 98.0 Å². The molecule has 1 aromatic heterocycles. The molecular weight excluding hydrogens is 198 g/mol. The third kappa shape index (κ3) is 2.14. The maximum atomic E-state index is 6.07. The molecule has 3 atom stereocenters. The van der Waals surface area contributed by atoms with Gasteiger partial charge in [-0.15, -0.1) is 0 Å². The zero-order valence-corrected chi connectivity index (χ0v) is 10.6. The van der Waals surface area contributed by atoms with Crippen LogP contribution in [0.1, 0.15) is 38.1 Å². The molecule has 3 heteroatoms. The van der Waals surface area contributed by atoms with Crippen LogP contribution in [0.3, 0.4) is 0 Å². The second kappa shape index (κ2) is 4.58. The maximum Gasteiger partial charge on any atom is 0.0624 e. The van der Waals surface area contributed by atoms with Crippen molar-refractivity contribution in [1.82, 2.24) is 9.78 Å². The minimum atomic E-state index is 0.406. The summed E-state index contributed by atoms with van der Waals surface area (Å²) in [7, 11) is 2.05. The lowest BCUT2D eigenvalue weighted by atomic mass is 9.91. The number of nitrogens with two attached hydrogens (primary N) is 1. The first-order chi connectivity index (χ1) is 7.61. The molecule has 2 N–H and O–H groups in total. The lowest BCUT2D eigenvalue weighted by Crippen LogP contribution is -2.26. The van der Waals surface area contributed by atoms with Crippen LogP contribution < -0.4 is 5.73 Å². The smallest absolute Gasteiger partial charge is 0.0624 e. The molecule has 0 radical (unpaired) electrons. The van der Waals surface area contributed by atoms with E-state index in [1.165, 1.54) is 24.2 Å². The molecule has 0 aromatic carbocycles. The highest BCUT2D eigenvalue weighted by molar-refractivity contribution is 5.11. The van der Waals surface area contributed by atoms with Crippen LogP contribution in [0, 0.1) is 11.8 Å². The molecule has 90 valence electrons. The van der Waals surface area contributed by atoms with Gasteiger partial charge in [-0.3, -0.25) is 4.68 Å². The second-order valence-electron chi connectivity index (χ2n) is 5.17. The van der Waals surface area contributed by atoms with E-state index in [1.54, 1.807) is 0 Å². The molecule has 1 fully saturated rings. The van der Waals surface area contributed by atoms with Gasteiger partial charge in [0.15, 0.2) is 0 Å². The summed E-state index contributed by atoms with van der Waals surface area (Å²) < 4.78 is 2.04. The summed E-state index contributed by atoms with van der Waals surface area (Å²) in [6.45, 7) is 4.44. The van der Waals surface area contributed by atoms with Crippen LogP contribution in [0.5, 0.6) is 0 Å². The van der Waals surface area contributed by atoms with Gasteiger partial charge in [0.25, 0.3) is 0 Å². The fourth-order valence-electron chi connectivity index (χ4n) is 2.77. The summed E-state index contributed by atoms with van der Waals surface area (Å²) in [5.74, 6) is 1.40. The van der Waals surface area contributed by atoms with Crippen molar-refractivity contribution in [3.05, 3.63) is 17.5 Å². The molecule has 0 bridgehead atoms. The zero-order chi connectivity index (χ0) is 11.7. The van der Waals surface area contributed by atoms with Gasteiger partial charge in [0.1, 0.15) is 0 Å². The Morgan fingerprint density at radius 3 is 2.75 bits per heavy atom. The summed E-state index contributed by atoms with van der Waals surface area (Å²) in [4.78, 5) is 0. The van der Waals surface area contributed by atoms with E-state index in [0.717, 1.165) is 18.8 Å². The van der Waals surface area contributed by atoms with E-state index in [2.05, 4.69) is 25.0 Å². The van der Waals surface area contributed by atoms with Crippen LogP contribution in [0.15, 0.2) is 6.07 Å². The molecule has 1 aliphatic carbocycles. The topological polar surface area (TPSA) is 43.8 Å². The normalized spacial score (nSPS) is 29.9. The van der Waals surface area contributed by atoms with Gasteiger partial charge in [0.05, 0.1) is 5.69 Å². The van der Waals surface area contributed by atoms with Crippen molar-refractivity contribution in [2.24, 2.45) is 24.6 Å². The lowest BCUT2D eigenvalue weighted by molar-refractivity contribution is 0.382. The highest BCUT2D eigenvalue weighted by atomic mass is 15.3. The van der Waals surface area contributed by atoms with E-state index in [1.807, 2.05) is 11.7 Å². The molecule has 3 nitrogen and oxygen atoms in total. The Hall–Kier alpha value is -0.830. The standard InChI is InChI=1S/C13H23N3/c1-4-11-8-12(16(3)15-11)7-10-5-6-13(14)9(10)2/h8-10,13H,4-7,14H2,1-3H3. The van der Waals surface area contributed by atoms with Gasteiger partial charge in [-0.2, -0.15) is 5.10 Å². The summed E-state index contributed by atoms with van der Waals surface area (Å²) in [5, 5.41) is 4.50. The molecule has 0 amide bonds. The van der Waals surface area contributed by atoms with Gasteiger partial charge in [0, 0.05) is 18.8 Å². The van der Waals surface area contributed by atoms with Gasteiger partial charge >= 0.3 is 0 Å². The van der Waals surface area contributed by atoms with E-state index >= 15 is 0 Å². The third-order valence-corrected chi connectivity index (χ3v) is 4.15. The highest BCUT2D eigenvalue weighted by Gasteiger charge is 2.30. The van der Waals surface area contributed by atoms with Gasteiger partial charge < -0.3 is 5.73 Å². The van der Waals surface area contributed by atoms with Crippen LogP contribution in [0.25, 0.3) is 0 Å². The average molecular weight is 221 g/mol. The Kier molecular flexibility index (Phi) is 3.33. The van der Waals surface area contributed by atoms with E-state index in [-0.39, 0.29) is 0 Å². The fraction of sp³-hybridized carbons (Fsp3) is 0.769. The summed E-state index contributed by atoms with van der Waals surface area (Å²) >= 11 is 0. The minimum absolute atomic E-state index is 0.406. The molecule has 0 spiro atoms. The van der Waals surface area contributed by atoms with Crippen molar-refractivity contribution >= 4 is 0 Å². The van der Waals surface area contributed by atoms with Crippen molar-refractivity contribution in [1.29, 1.82) is 0 Å². The van der Waals surface area contributed by atoms with Crippen LogP contribution >= 0.6 is 0 Å². The molecule has 1 aromatic rings. The SMILES string of the molecule is CCc1cc(CC2CCC(N)C2C)n(C)n1. The summed E-state index contributed by atoms with van der Waals surface area (Å²) in [5.41, 5.74) is 8.63. The third-order valence-electron chi connectivity index (χ3n) is 4.15. The minimum Gasteiger partial charge on any atom is -0.327 e. The van der Waals surface area contributed by atoms with Crippen LogP contribution in [0.2, 0.25) is 0 Å². The summed E-state index contributed by atoms with van der Waals surface area (Å²) in [6.07, 6.45) is 4.62. The molecular formula is C13H23N3. The van der Waals surface area contributed by atoms with E-state index < -0.39 is 0 Å². The quantitative estimate of drug-likeness (QED) is 0.847. The van der Waals surface area contributed by atoms with Crippen molar-refractivity contribution in [3.8, 4) is 0 Å². The van der Waals surface area contributed by atoms with Gasteiger partial charge in [-0.05, 0) is 43.6 Å². The average Bonchev–Trinajstić information content (AvgIpc) is 2.77. The van der Waals surface area contributed by atoms with E-state index in [9.17, 15) is 0 Å².